The molecule has 0 saturated carbocycles. The summed E-state index contributed by atoms with van der Waals surface area (Å²) in [5.74, 6) is -1.85. The summed E-state index contributed by atoms with van der Waals surface area (Å²) in [5.41, 5.74) is -0.652. The van der Waals surface area contributed by atoms with E-state index in [1.807, 2.05) is 0 Å². The quantitative estimate of drug-likeness (QED) is 0.485. The van der Waals surface area contributed by atoms with Gasteiger partial charge in [0, 0.05) is 11.8 Å². The molecule has 0 radical (unpaired) electrons. The molecule has 1 amide bonds. The second-order valence-corrected chi connectivity index (χ2v) is 6.89. The SMILES string of the molecule is COC(=O)[C@@H]1C[C@@H](Oc2ccccc2F)CN1C(=O)c1cc2ccccc2oc1=O. The fourth-order valence-electron chi connectivity index (χ4n) is 3.55. The van der Waals surface area contributed by atoms with Gasteiger partial charge in [-0.1, -0.05) is 30.3 Å². The first kappa shape index (κ1) is 19.6. The van der Waals surface area contributed by atoms with E-state index in [1.165, 1.54) is 36.3 Å². The van der Waals surface area contributed by atoms with Crippen LogP contribution in [0.2, 0.25) is 0 Å². The number of amides is 1. The molecule has 0 bridgehead atoms. The zero-order valence-electron chi connectivity index (χ0n) is 16.0. The lowest BCUT2D eigenvalue weighted by atomic mass is 10.1. The molecule has 2 heterocycles. The van der Waals surface area contributed by atoms with Crippen LogP contribution in [-0.4, -0.2) is 42.6 Å². The van der Waals surface area contributed by atoms with Crippen molar-refractivity contribution < 1.29 is 27.9 Å². The molecule has 8 heteroatoms. The predicted molar refractivity (Wildman–Crippen MR) is 105 cm³/mol. The number of rotatable bonds is 4. The third-order valence-corrected chi connectivity index (χ3v) is 5.00. The molecule has 2 atom stereocenters. The minimum atomic E-state index is -0.967. The van der Waals surface area contributed by atoms with Crippen molar-refractivity contribution in [3.63, 3.8) is 0 Å². The van der Waals surface area contributed by atoms with Crippen LogP contribution in [0.3, 0.4) is 0 Å². The first-order valence-corrected chi connectivity index (χ1v) is 9.31. The molecule has 2 aromatic carbocycles. The smallest absolute Gasteiger partial charge is 0.349 e. The summed E-state index contributed by atoms with van der Waals surface area (Å²) in [7, 11) is 1.21. The molecule has 1 fully saturated rings. The van der Waals surface area contributed by atoms with Gasteiger partial charge in [0.05, 0.1) is 13.7 Å². The van der Waals surface area contributed by atoms with E-state index in [0.717, 1.165) is 0 Å². The number of halogens is 1. The van der Waals surface area contributed by atoms with Crippen LogP contribution in [0.25, 0.3) is 11.0 Å². The Balaban J connectivity index is 1.64. The Labute approximate surface area is 170 Å². The number of hydrogen-bond acceptors (Lipinski definition) is 6. The zero-order valence-corrected chi connectivity index (χ0v) is 16.0. The number of fused-ring (bicyclic) bond motifs is 1. The fourth-order valence-corrected chi connectivity index (χ4v) is 3.55. The molecular formula is C22H18FNO6. The van der Waals surface area contributed by atoms with Gasteiger partial charge >= 0.3 is 11.6 Å². The number of carbonyl (C=O) groups excluding carboxylic acids is 2. The van der Waals surface area contributed by atoms with Gasteiger partial charge in [0.2, 0.25) is 0 Å². The van der Waals surface area contributed by atoms with Gasteiger partial charge in [-0.25, -0.2) is 14.0 Å². The van der Waals surface area contributed by atoms with Crippen molar-refractivity contribution >= 4 is 22.8 Å². The molecule has 0 unspecified atom stereocenters. The Bertz CT molecular complexity index is 1170. The van der Waals surface area contributed by atoms with Crippen LogP contribution in [0.1, 0.15) is 16.8 Å². The Morgan fingerprint density at radius 3 is 2.63 bits per heavy atom. The van der Waals surface area contributed by atoms with Crippen LogP contribution in [0, 0.1) is 5.82 Å². The highest BCUT2D eigenvalue weighted by Gasteiger charge is 2.42. The molecule has 30 heavy (non-hydrogen) atoms. The van der Waals surface area contributed by atoms with E-state index in [2.05, 4.69) is 0 Å². The minimum Gasteiger partial charge on any atom is -0.485 e. The molecule has 1 aromatic heterocycles. The number of likely N-dealkylation sites (tertiary alicyclic amines) is 1. The number of esters is 1. The second kappa shape index (κ2) is 7.98. The van der Waals surface area contributed by atoms with E-state index in [4.69, 9.17) is 13.9 Å². The van der Waals surface area contributed by atoms with E-state index in [9.17, 15) is 18.8 Å². The van der Waals surface area contributed by atoms with E-state index in [0.29, 0.717) is 11.0 Å². The van der Waals surface area contributed by atoms with Crippen molar-refractivity contribution in [2.45, 2.75) is 18.6 Å². The highest BCUT2D eigenvalue weighted by molar-refractivity contribution is 5.99. The Morgan fingerprint density at radius 1 is 1.13 bits per heavy atom. The van der Waals surface area contributed by atoms with E-state index in [-0.39, 0.29) is 24.3 Å². The van der Waals surface area contributed by atoms with Crippen LogP contribution in [0.15, 0.2) is 63.8 Å². The molecule has 3 aromatic rings. The molecular weight excluding hydrogens is 393 g/mol. The van der Waals surface area contributed by atoms with Crippen LogP contribution in [0.4, 0.5) is 4.39 Å². The van der Waals surface area contributed by atoms with Crippen molar-refractivity contribution in [2.75, 3.05) is 13.7 Å². The lowest BCUT2D eigenvalue weighted by molar-refractivity contribution is -0.145. The summed E-state index contributed by atoms with van der Waals surface area (Å²) in [6.45, 7) is -0.0147. The van der Waals surface area contributed by atoms with Crippen molar-refractivity contribution in [3.05, 3.63) is 76.4 Å². The maximum Gasteiger partial charge on any atom is 0.349 e. The number of para-hydroxylation sites is 2. The fraction of sp³-hybridized carbons (Fsp3) is 0.227. The average molecular weight is 411 g/mol. The summed E-state index contributed by atoms with van der Waals surface area (Å²) in [5, 5.41) is 0.577. The van der Waals surface area contributed by atoms with Gasteiger partial charge in [0.1, 0.15) is 23.3 Å². The van der Waals surface area contributed by atoms with E-state index >= 15 is 0 Å². The number of nitrogens with zero attached hydrogens (tertiary/aromatic N) is 1. The van der Waals surface area contributed by atoms with Crippen molar-refractivity contribution in [1.82, 2.24) is 4.90 Å². The van der Waals surface area contributed by atoms with Crippen molar-refractivity contribution in [3.8, 4) is 5.75 Å². The van der Waals surface area contributed by atoms with E-state index in [1.54, 1.807) is 30.3 Å². The molecule has 154 valence electrons. The normalized spacial score (nSPS) is 18.4. The summed E-state index contributed by atoms with van der Waals surface area (Å²) in [6, 6.07) is 13.1. The largest absolute Gasteiger partial charge is 0.485 e. The van der Waals surface area contributed by atoms with Crippen LogP contribution < -0.4 is 10.4 Å². The van der Waals surface area contributed by atoms with E-state index < -0.39 is 35.5 Å². The first-order chi connectivity index (χ1) is 14.5. The molecule has 7 nitrogen and oxygen atoms in total. The maximum absolute atomic E-state index is 13.9. The second-order valence-electron chi connectivity index (χ2n) is 6.89. The van der Waals surface area contributed by atoms with Gasteiger partial charge in [0.25, 0.3) is 5.91 Å². The maximum atomic E-state index is 13.9. The minimum absolute atomic E-state index is 0.0147. The molecule has 1 aliphatic heterocycles. The highest BCUT2D eigenvalue weighted by atomic mass is 19.1. The summed E-state index contributed by atoms with van der Waals surface area (Å²) < 4.78 is 29.6. The van der Waals surface area contributed by atoms with Crippen molar-refractivity contribution in [2.24, 2.45) is 0 Å². The third kappa shape index (κ3) is 3.63. The molecule has 0 aliphatic carbocycles. The number of methoxy groups -OCH3 is 1. The van der Waals surface area contributed by atoms with Crippen molar-refractivity contribution in [1.29, 1.82) is 0 Å². The van der Waals surface area contributed by atoms with Gasteiger partial charge in [-0.2, -0.15) is 0 Å². The molecule has 4 rings (SSSR count). The Kier molecular flexibility index (Phi) is 5.22. The number of ether oxygens (including phenoxy) is 2. The van der Waals surface area contributed by atoms with Gasteiger partial charge in [0.15, 0.2) is 11.6 Å². The van der Waals surface area contributed by atoms with Crippen LogP contribution >= 0.6 is 0 Å². The third-order valence-electron chi connectivity index (χ3n) is 5.00. The van der Waals surface area contributed by atoms with Gasteiger partial charge in [-0.15, -0.1) is 0 Å². The molecule has 1 aliphatic rings. The highest BCUT2D eigenvalue weighted by Crippen LogP contribution is 2.27. The zero-order chi connectivity index (χ0) is 21.3. The number of benzene rings is 2. The summed E-state index contributed by atoms with van der Waals surface area (Å²) in [6.07, 6.45) is -0.548. The lowest BCUT2D eigenvalue weighted by Crippen LogP contribution is -2.42. The number of hydrogen-bond donors (Lipinski definition) is 0. The Hall–Kier alpha value is -3.68. The van der Waals surface area contributed by atoms with Gasteiger partial charge in [-0.3, -0.25) is 4.79 Å². The molecule has 0 N–H and O–H groups in total. The van der Waals surface area contributed by atoms with Crippen LogP contribution in [0.5, 0.6) is 5.75 Å². The predicted octanol–water partition coefficient (Wildman–Crippen LogP) is 2.77. The molecule has 1 saturated heterocycles. The van der Waals surface area contributed by atoms with Gasteiger partial charge < -0.3 is 18.8 Å². The lowest BCUT2D eigenvalue weighted by Gasteiger charge is -2.21. The topological polar surface area (TPSA) is 86.1 Å². The molecule has 0 spiro atoms. The monoisotopic (exact) mass is 411 g/mol. The Morgan fingerprint density at radius 2 is 1.87 bits per heavy atom. The average Bonchev–Trinajstić information content (AvgIpc) is 3.17. The van der Waals surface area contributed by atoms with Gasteiger partial charge in [-0.05, 0) is 24.3 Å². The van der Waals surface area contributed by atoms with Crippen LogP contribution in [-0.2, 0) is 9.53 Å². The standard InChI is InChI=1S/C22H18FNO6/c1-28-22(27)17-11-14(29-19-9-5-3-7-16(19)23)12-24(17)20(25)15-10-13-6-2-4-8-18(13)30-21(15)26/h2-10,14,17H,11-12H2,1H3/t14-,17+/m1/s1. The summed E-state index contributed by atoms with van der Waals surface area (Å²) in [4.78, 5) is 39.0. The summed E-state index contributed by atoms with van der Waals surface area (Å²) >= 11 is 0. The number of carbonyl (C=O) groups is 2. The first-order valence-electron chi connectivity index (χ1n) is 9.31.